The largest absolute Gasteiger partial charge is 0.454 e. The first-order valence-corrected chi connectivity index (χ1v) is 7.64. The number of thiocarbonyl (C=S) groups is 1. The molecule has 0 amide bonds. The van der Waals surface area contributed by atoms with E-state index < -0.39 is 0 Å². The summed E-state index contributed by atoms with van der Waals surface area (Å²) in [7, 11) is 0. The number of nitrogens with one attached hydrogen (secondary N) is 2. The van der Waals surface area contributed by atoms with Gasteiger partial charge in [-0.3, -0.25) is 5.43 Å². The molecule has 0 spiro atoms. The van der Waals surface area contributed by atoms with Crippen LogP contribution < -0.4 is 20.2 Å². The summed E-state index contributed by atoms with van der Waals surface area (Å²) < 4.78 is 10.6. The molecule has 0 saturated carbocycles. The lowest BCUT2D eigenvalue weighted by atomic mass is 10.2. The molecule has 5 nitrogen and oxygen atoms in total. The van der Waals surface area contributed by atoms with Gasteiger partial charge < -0.3 is 14.8 Å². The van der Waals surface area contributed by atoms with Gasteiger partial charge in [0.2, 0.25) is 6.79 Å². The Morgan fingerprint density at radius 1 is 1.33 bits per heavy atom. The monoisotopic (exact) mass is 319 g/mol. The molecule has 21 heavy (non-hydrogen) atoms. The molecule has 7 heteroatoms. The topological polar surface area (TPSA) is 54.9 Å². The number of nitrogens with zero attached hydrogens (tertiary/aromatic N) is 1. The van der Waals surface area contributed by atoms with Gasteiger partial charge >= 0.3 is 0 Å². The van der Waals surface area contributed by atoms with Gasteiger partial charge in [0.05, 0.1) is 6.21 Å². The lowest BCUT2D eigenvalue weighted by Gasteiger charge is -2.07. The minimum absolute atomic E-state index is 0.281. The number of rotatable bonds is 4. The summed E-state index contributed by atoms with van der Waals surface area (Å²) in [5.74, 6) is 1.54. The molecule has 108 valence electrons. The Kier molecular flexibility index (Phi) is 4.32. The molecule has 1 aliphatic heterocycles. The van der Waals surface area contributed by atoms with Crippen molar-refractivity contribution < 1.29 is 9.47 Å². The Labute approximate surface area is 131 Å². The fourth-order valence-corrected chi connectivity index (χ4v) is 2.52. The smallest absolute Gasteiger partial charge is 0.231 e. The number of hydrogen-bond donors (Lipinski definition) is 2. The second-order valence-corrected chi connectivity index (χ2v) is 5.49. The van der Waals surface area contributed by atoms with E-state index in [1.807, 2.05) is 35.0 Å². The Morgan fingerprint density at radius 3 is 3.10 bits per heavy atom. The SMILES string of the molecule is S=C(NCc1ccc2c(c1)OCO2)N/N=C\c1ccsc1. The predicted octanol–water partition coefficient (Wildman–Crippen LogP) is 2.48. The molecule has 0 fully saturated rings. The maximum atomic E-state index is 5.33. The van der Waals surface area contributed by atoms with Crippen molar-refractivity contribution in [2.24, 2.45) is 5.10 Å². The van der Waals surface area contributed by atoms with Crippen LogP contribution in [0.2, 0.25) is 0 Å². The molecule has 2 heterocycles. The van der Waals surface area contributed by atoms with E-state index in [1.165, 1.54) is 0 Å². The molecule has 0 aliphatic carbocycles. The van der Waals surface area contributed by atoms with Crippen molar-refractivity contribution in [1.29, 1.82) is 0 Å². The number of hydrazone groups is 1. The minimum Gasteiger partial charge on any atom is -0.454 e. The molecule has 0 radical (unpaired) electrons. The molecule has 3 rings (SSSR count). The molecule has 1 aromatic carbocycles. The zero-order valence-corrected chi connectivity index (χ0v) is 12.7. The molecule has 0 atom stereocenters. The molecular weight excluding hydrogens is 306 g/mol. The standard InChI is InChI=1S/C14H13N3O2S2/c20-14(17-16-7-11-3-4-21-8-11)15-6-10-1-2-12-13(5-10)19-9-18-12/h1-5,7-8H,6,9H2,(H2,15,17,20)/b16-7-. The first-order valence-electron chi connectivity index (χ1n) is 6.29. The van der Waals surface area contributed by atoms with Gasteiger partial charge in [0.25, 0.3) is 0 Å². The fourth-order valence-electron chi connectivity index (χ4n) is 1.79. The third-order valence-electron chi connectivity index (χ3n) is 2.81. The minimum atomic E-state index is 0.281. The van der Waals surface area contributed by atoms with E-state index >= 15 is 0 Å². The Bertz CT molecular complexity index is 656. The van der Waals surface area contributed by atoms with Gasteiger partial charge in [0, 0.05) is 12.1 Å². The van der Waals surface area contributed by atoms with Crippen LogP contribution in [0.15, 0.2) is 40.1 Å². The number of benzene rings is 1. The number of thiophene rings is 1. The van der Waals surface area contributed by atoms with E-state index in [1.54, 1.807) is 17.6 Å². The normalized spacial score (nSPS) is 12.6. The highest BCUT2D eigenvalue weighted by Crippen LogP contribution is 2.32. The highest BCUT2D eigenvalue weighted by Gasteiger charge is 2.12. The molecule has 0 saturated heterocycles. The highest BCUT2D eigenvalue weighted by atomic mass is 32.1. The van der Waals surface area contributed by atoms with E-state index in [2.05, 4.69) is 15.8 Å². The fraction of sp³-hybridized carbons (Fsp3) is 0.143. The lowest BCUT2D eigenvalue weighted by Crippen LogP contribution is -2.31. The van der Waals surface area contributed by atoms with Crippen molar-refractivity contribution in [1.82, 2.24) is 10.7 Å². The van der Waals surface area contributed by atoms with E-state index in [9.17, 15) is 0 Å². The second kappa shape index (κ2) is 6.55. The molecule has 1 aromatic heterocycles. The van der Waals surface area contributed by atoms with Crippen molar-refractivity contribution >= 4 is 34.9 Å². The van der Waals surface area contributed by atoms with Gasteiger partial charge in [-0.05, 0) is 46.7 Å². The van der Waals surface area contributed by atoms with Gasteiger partial charge in [-0.2, -0.15) is 16.4 Å². The molecule has 2 aromatic rings. The van der Waals surface area contributed by atoms with Gasteiger partial charge in [-0.1, -0.05) is 6.07 Å². The summed E-state index contributed by atoms with van der Waals surface area (Å²) in [5.41, 5.74) is 4.89. The zero-order chi connectivity index (χ0) is 14.5. The van der Waals surface area contributed by atoms with Crippen LogP contribution in [0, 0.1) is 0 Å². The summed E-state index contributed by atoms with van der Waals surface area (Å²) in [4.78, 5) is 0. The molecule has 0 unspecified atom stereocenters. The second-order valence-electron chi connectivity index (χ2n) is 4.30. The molecule has 0 bridgehead atoms. The van der Waals surface area contributed by atoms with Crippen LogP contribution in [0.3, 0.4) is 0 Å². The van der Waals surface area contributed by atoms with Crippen molar-refractivity contribution in [3.63, 3.8) is 0 Å². The Balaban J connectivity index is 1.47. The first kappa shape index (κ1) is 13.8. The predicted molar refractivity (Wildman–Crippen MR) is 87.1 cm³/mol. The first-order chi connectivity index (χ1) is 10.3. The molecular formula is C14H13N3O2S2. The maximum Gasteiger partial charge on any atom is 0.231 e. The number of fused-ring (bicyclic) bond motifs is 1. The third-order valence-corrected chi connectivity index (χ3v) is 3.75. The maximum absolute atomic E-state index is 5.33. The van der Waals surface area contributed by atoms with Crippen LogP contribution in [0.25, 0.3) is 0 Å². The number of ether oxygens (including phenoxy) is 2. The highest BCUT2D eigenvalue weighted by molar-refractivity contribution is 7.80. The third kappa shape index (κ3) is 3.71. The zero-order valence-electron chi connectivity index (χ0n) is 11.0. The Hall–Kier alpha value is -2.12. The molecule has 1 aliphatic rings. The van der Waals surface area contributed by atoms with E-state index in [4.69, 9.17) is 21.7 Å². The average molecular weight is 319 g/mol. The summed E-state index contributed by atoms with van der Waals surface area (Å²) in [6.07, 6.45) is 1.73. The summed E-state index contributed by atoms with van der Waals surface area (Å²) >= 11 is 6.78. The van der Waals surface area contributed by atoms with Crippen LogP contribution in [-0.2, 0) is 6.54 Å². The average Bonchev–Trinajstić information content (AvgIpc) is 3.15. The molecule has 2 N–H and O–H groups in total. The summed E-state index contributed by atoms with van der Waals surface area (Å²) in [5, 5.41) is 11.6. The Morgan fingerprint density at radius 2 is 2.24 bits per heavy atom. The van der Waals surface area contributed by atoms with Crippen molar-refractivity contribution in [3.8, 4) is 11.5 Å². The summed E-state index contributed by atoms with van der Waals surface area (Å²) in [6, 6.07) is 7.79. The van der Waals surface area contributed by atoms with Crippen LogP contribution in [0.5, 0.6) is 11.5 Å². The van der Waals surface area contributed by atoms with Gasteiger partial charge in [0.15, 0.2) is 16.6 Å². The van der Waals surface area contributed by atoms with Crippen LogP contribution >= 0.6 is 23.6 Å². The van der Waals surface area contributed by atoms with Crippen LogP contribution in [0.4, 0.5) is 0 Å². The lowest BCUT2D eigenvalue weighted by molar-refractivity contribution is 0.174. The van der Waals surface area contributed by atoms with Crippen molar-refractivity contribution in [2.75, 3.05) is 6.79 Å². The van der Waals surface area contributed by atoms with Crippen molar-refractivity contribution in [2.45, 2.75) is 6.54 Å². The number of hydrogen-bond acceptors (Lipinski definition) is 5. The van der Waals surface area contributed by atoms with Crippen molar-refractivity contribution in [3.05, 3.63) is 46.2 Å². The van der Waals surface area contributed by atoms with Gasteiger partial charge in [0.1, 0.15) is 0 Å². The van der Waals surface area contributed by atoms with E-state index in [0.717, 1.165) is 22.6 Å². The van der Waals surface area contributed by atoms with Crippen LogP contribution in [-0.4, -0.2) is 18.1 Å². The van der Waals surface area contributed by atoms with E-state index in [0.29, 0.717) is 11.7 Å². The summed E-state index contributed by atoms with van der Waals surface area (Å²) in [6.45, 7) is 0.875. The van der Waals surface area contributed by atoms with Crippen LogP contribution in [0.1, 0.15) is 11.1 Å². The van der Waals surface area contributed by atoms with Gasteiger partial charge in [-0.25, -0.2) is 0 Å². The quantitative estimate of drug-likeness (QED) is 0.515. The van der Waals surface area contributed by atoms with Gasteiger partial charge in [-0.15, -0.1) is 0 Å². The van der Waals surface area contributed by atoms with E-state index in [-0.39, 0.29) is 6.79 Å².